The minimum atomic E-state index is -0.0582. The Kier molecular flexibility index (Phi) is 4.51. The van der Waals surface area contributed by atoms with Crippen LogP contribution in [0.15, 0.2) is 66.9 Å². The van der Waals surface area contributed by atoms with Crippen LogP contribution in [-0.2, 0) is 12.8 Å². The van der Waals surface area contributed by atoms with Crippen molar-refractivity contribution >= 4 is 5.78 Å². The van der Waals surface area contributed by atoms with Crippen LogP contribution >= 0.6 is 0 Å². The SMILES string of the molecule is NC=CC(=O)c1ccc(CCc2ccccc2)cc1. The molecule has 0 saturated heterocycles. The molecule has 2 aromatic carbocycles. The van der Waals surface area contributed by atoms with Gasteiger partial charge >= 0.3 is 0 Å². The topological polar surface area (TPSA) is 43.1 Å². The van der Waals surface area contributed by atoms with Gasteiger partial charge in [0.1, 0.15) is 0 Å². The van der Waals surface area contributed by atoms with Crippen molar-refractivity contribution in [2.45, 2.75) is 12.8 Å². The van der Waals surface area contributed by atoms with E-state index in [2.05, 4.69) is 24.3 Å². The van der Waals surface area contributed by atoms with Crippen LogP contribution in [0.2, 0.25) is 0 Å². The molecule has 2 nitrogen and oxygen atoms in total. The average Bonchev–Trinajstić information content (AvgIpc) is 2.47. The van der Waals surface area contributed by atoms with Crippen molar-refractivity contribution in [2.24, 2.45) is 5.73 Å². The Morgan fingerprint density at radius 3 is 2.05 bits per heavy atom. The van der Waals surface area contributed by atoms with E-state index in [0.717, 1.165) is 12.8 Å². The number of allylic oxidation sites excluding steroid dienone is 1. The van der Waals surface area contributed by atoms with Crippen LogP contribution in [0, 0.1) is 0 Å². The molecular formula is C17H17NO. The fourth-order valence-electron chi connectivity index (χ4n) is 1.95. The number of hydrogen-bond acceptors (Lipinski definition) is 2. The maximum Gasteiger partial charge on any atom is 0.187 e. The van der Waals surface area contributed by atoms with E-state index in [1.807, 2.05) is 30.3 Å². The molecule has 0 fully saturated rings. The second kappa shape index (κ2) is 6.55. The van der Waals surface area contributed by atoms with Gasteiger partial charge in [0, 0.05) is 11.6 Å². The minimum Gasteiger partial charge on any atom is -0.404 e. The summed E-state index contributed by atoms with van der Waals surface area (Å²) in [5, 5.41) is 0. The maximum atomic E-state index is 11.6. The van der Waals surface area contributed by atoms with E-state index in [1.54, 1.807) is 0 Å². The number of aryl methyl sites for hydroxylation is 2. The van der Waals surface area contributed by atoms with E-state index in [-0.39, 0.29) is 5.78 Å². The highest BCUT2D eigenvalue weighted by molar-refractivity contribution is 6.04. The van der Waals surface area contributed by atoms with Gasteiger partial charge in [-0.3, -0.25) is 4.79 Å². The van der Waals surface area contributed by atoms with Crippen LogP contribution < -0.4 is 5.73 Å². The molecule has 2 aromatic rings. The lowest BCUT2D eigenvalue weighted by atomic mass is 10.0. The van der Waals surface area contributed by atoms with Crippen LogP contribution in [0.5, 0.6) is 0 Å². The highest BCUT2D eigenvalue weighted by Gasteiger charge is 2.01. The summed E-state index contributed by atoms with van der Waals surface area (Å²) in [6.45, 7) is 0. The van der Waals surface area contributed by atoms with Crippen LogP contribution in [-0.4, -0.2) is 5.78 Å². The zero-order valence-corrected chi connectivity index (χ0v) is 10.8. The van der Waals surface area contributed by atoms with Gasteiger partial charge < -0.3 is 5.73 Å². The largest absolute Gasteiger partial charge is 0.404 e. The van der Waals surface area contributed by atoms with Gasteiger partial charge in [-0.25, -0.2) is 0 Å². The summed E-state index contributed by atoms with van der Waals surface area (Å²) in [6.07, 6.45) is 4.63. The monoisotopic (exact) mass is 251 g/mol. The Balaban J connectivity index is 1.97. The standard InChI is InChI=1S/C17H17NO/c18-13-12-17(19)16-10-8-15(9-11-16)7-6-14-4-2-1-3-5-14/h1-5,8-13H,6-7,18H2. The number of hydrogen-bond donors (Lipinski definition) is 1. The zero-order chi connectivity index (χ0) is 13.5. The molecular weight excluding hydrogens is 234 g/mol. The normalized spacial score (nSPS) is 10.7. The number of nitrogens with two attached hydrogens (primary N) is 1. The molecule has 19 heavy (non-hydrogen) atoms. The van der Waals surface area contributed by atoms with Crippen LogP contribution in [0.25, 0.3) is 0 Å². The van der Waals surface area contributed by atoms with Crippen LogP contribution in [0.1, 0.15) is 21.5 Å². The van der Waals surface area contributed by atoms with Crippen molar-refractivity contribution in [1.29, 1.82) is 0 Å². The first kappa shape index (κ1) is 13.1. The zero-order valence-electron chi connectivity index (χ0n) is 10.8. The second-order valence-corrected chi connectivity index (χ2v) is 4.41. The Bertz CT molecular complexity index is 556. The van der Waals surface area contributed by atoms with Gasteiger partial charge in [0.05, 0.1) is 0 Å². The summed E-state index contributed by atoms with van der Waals surface area (Å²) in [5.74, 6) is -0.0582. The average molecular weight is 251 g/mol. The van der Waals surface area contributed by atoms with E-state index in [1.165, 1.54) is 23.4 Å². The van der Waals surface area contributed by atoms with Gasteiger partial charge in [0.25, 0.3) is 0 Å². The molecule has 0 saturated carbocycles. The number of carbonyl (C=O) groups excluding carboxylic acids is 1. The van der Waals surface area contributed by atoms with Gasteiger partial charge in [0.15, 0.2) is 5.78 Å². The third-order valence-corrected chi connectivity index (χ3v) is 3.03. The van der Waals surface area contributed by atoms with Crippen molar-refractivity contribution in [3.8, 4) is 0 Å². The molecule has 0 bridgehead atoms. The maximum absolute atomic E-state index is 11.6. The van der Waals surface area contributed by atoms with Gasteiger partial charge in [0.2, 0.25) is 0 Å². The van der Waals surface area contributed by atoms with Gasteiger partial charge in [-0.1, -0.05) is 54.6 Å². The van der Waals surface area contributed by atoms with Crippen LogP contribution in [0.3, 0.4) is 0 Å². The summed E-state index contributed by atoms with van der Waals surface area (Å²) in [5.41, 5.74) is 8.44. The van der Waals surface area contributed by atoms with E-state index in [0.29, 0.717) is 5.56 Å². The lowest BCUT2D eigenvalue weighted by Crippen LogP contribution is -1.97. The van der Waals surface area contributed by atoms with E-state index >= 15 is 0 Å². The Morgan fingerprint density at radius 1 is 0.895 bits per heavy atom. The minimum absolute atomic E-state index is 0.0582. The Hall–Kier alpha value is -2.35. The molecule has 0 aliphatic heterocycles. The Labute approximate surface area is 113 Å². The molecule has 0 aliphatic rings. The molecule has 0 spiro atoms. The smallest absolute Gasteiger partial charge is 0.187 e. The summed E-state index contributed by atoms with van der Waals surface area (Å²) < 4.78 is 0. The van der Waals surface area contributed by atoms with Crippen molar-refractivity contribution in [3.05, 3.63) is 83.6 Å². The molecule has 0 atom stereocenters. The number of ketones is 1. The first-order chi connectivity index (χ1) is 9.29. The first-order valence-corrected chi connectivity index (χ1v) is 6.35. The molecule has 96 valence electrons. The highest BCUT2D eigenvalue weighted by Crippen LogP contribution is 2.10. The summed E-state index contributed by atoms with van der Waals surface area (Å²) in [4.78, 5) is 11.6. The van der Waals surface area contributed by atoms with Crippen molar-refractivity contribution in [2.75, 3.05) is 0 Å². The summed E-state index contributed by atoms with van der Waals surface area (Å²) in [6, 6.07) is 18.1. The predicted octanol–water partition coefficient (Wildman–Crippen LogP) is 3.13. The number of rotatable bonds is 5. The Morgan fingerprint density at radius 2 is 1.47 bits per heavy atom. The lowest BCUT2D eigenvalue weighted by molar-refractivity contribution is 0.104. The number of benzene rings is 2. The van der Waals surface area contributed by atoms with Gasteiger partial charge in [-0.2, -0.15) is 0 Å². The molecule has 2 heteroatoms. The van der Waals surface area contributed by atoms with Crippen LogP contribution in [0.4, 0.5) is 0 Å². The molecule has 0 amide bonds. The molecule has 0 unspecified atom stereocenters. The van der Waals surface area contributed by atoms with E-state index in [4.69, 9.17) is 5.73 Å². The van der Waals surface area contributed by atoms with Crippen molar-refractivity contribution in [1.82, 2.24) is 0 Å². The summed E-state index contributed by atoms with van der Waals surface area (Å²) in [7, 11) is 0. The molecule has 0 radical (unpaired) electrons. The highest BCUT2D eigenvalue weighted by atomic mass is 16.1. The fourth-order valence-corrected chi connectivity index (χ4v) is 1.95. The van der Waals surface area contributed by atoms with Gasteiger partial charge in [-0.05, 0) is 30.2 Å². The third-order valence-electron chi connectivity index (χ3n) is 3.03. The number of carbonyl (C=O) groups is 1. The van der Waals surface area contributed by atoms with Crippen molar-refractivity contribution < 1.29 is 4.79 Å². The molecule has 0 aliphatic carbocycles. The molecule has 2 rings (SSSR count). The second-order valence-electron chi connectivity index (χ2n) is 4.41. The van der Waals surface area contributed by atoms with E-state index < -0.39 is 0 Å². The van der Waals surface area contributed by atoms with Crippen molar-refractivity contribution in [3.63, 3.8) is 0 Å². The van der Waals surface area contributed by atoms with E-state index in [9.17, 15) is 4.79 Å². The lowest BCUT2D eigenvalue weighted by Gasteiger charge is -2.03. The van der Waals surface area contributed by atoms with Gasteiger partial charge in [-0.15, -0.1) is 0 Å². The molecule has 0 aromatic heterocycles. The third kappa shape index (κ3) is 3.81. The molecule has 2 N–H and O–H groups in total. The fraction of sp³-hybridized carbons (Fsp3) is 0.118. The predicted molar refractivity (Wildman–Crippen MR) is 77.9 cm³/mol. The summed E-state index contributed by atoms with van der Waals surface area (Å²) >= 11 is 0. The molecule has 0 heterocycles. The quantitative estimate of drug-likeness (QED) is 0.655. The first-order valence-electron chi connectivity index (χ1n) is 6.35.